The van der Waals surface area contributed by atoms with E-state index in [1.54, 1.807) is 48.5 Å². The Balaban J connectivity index is 1.40. The van der Waals surface area contributed by atoms with E-state index in [1.165, 1.54) is 0 Å². The number of hydrogen-bond donors (Lipinski definition) is 2. The molecule has 4 aromatic rings. The molecule has 0 bridgehead atoms. The number of rotatable bonds is 4. The molecule has 154 valence electrons. The first-order chi connectivity index (χ1) is 15.0. The van der Waals surface area contributed by atoms with E-state index in [1.807, 2.05) is 31.2 Å². The van der Waals surface area contributed by atoms with Crippen molar-refractivity contribution in [2.24, 2.45) is 0 Å². The number of nitrogens with one attached hydrogen (secondary N) is 2. The average molecular weight is 433 g/mol. The summed E-state index contributed by atoms with van der Waals surface area (Å²) >= 11 is 5.80. The van der Waals surface area contributed by atoms with Crippen LogP contribution in [0.1, 0.15) is 26.3 Å². The van der Waals surface area contributed by atoms with Gasteiger partial charge in [0.05, 0.1) is 0 Å². The van der Waals surface area contributed by atoms with Crippen molar-refractivity contribution in [3.05, 3.63) is 94.5 Å². The van der Waals surface area contributed by atoms with Gasteiger partial charge in [-0.25, -0.2) is 0 Å². The first kappa shape index (κ1) is 20.3. The lowest BCUT2D eigenvalue weighted by Gasteiger charge is -2.07. The fraction of sp³-hybridized carbons (Fsp3) is 0.0435. The molecular formula is C23H17ClN4O3. The third kappa shape index (κ3) is 4.79. The monoisotopic (exact) mass is 432 g/mol. The van der Waals surface area contributed by atoms with Crippen molar-refractivity contribution < 1.29 is 14.0 Å². The zero-order valence-electron chi connectivity index (χ0n) is 16.4. The molecule has 0 unspecified atom stereocenters. The Kier molecular flexibility index (Phi) is 5.77. The van der Waals surface area contributed by atoms with Crippen LogP contribution in [0.3, 0.4) is 0 Å². The normalized spacial score (nSPS) is 10.5. The van der Waals surface area contributed by atoms with Crippen LogP contribution in [0.15, 0.2) is 77.2 Å². The third-order valence-electron chi connectivity index (χ3n) is 4.48. The molecule has 31 heavy (non-hydrogen) atoms. The summed E-state index contributed by atoms with van der Waals surface area (Å²) in [6.07, 6.45) is 0. The van der Waals surface area contributed by atoms with Gasteiger partial charge in [0.15, 0.2) is 0 Å². The van der Waals surface area contributed by atoms with Gasteiger partial charge in [-0.05, 0) is 67.6 Å². The topological polar surface area (TPSA) is 97.1 Å². The van der Waals surface area contributed by atoms with E-state index < -0.39 is 11.8 Å². The number of benzene rings is 3. The number of amides is 2. The Hall–Kier alpha value is -3.97. The molecule has 0 saturated carbocycles. The summed E-state index contributed by atoms with van der Waals surface area (Å²) in [6, 6.07) is 20.7. The SMILES string of the molecule is Cc1cccc(-c2nnc(-c3ccc(C(=O)NNC(=O)c4ccc(Cl)cc4)cc3)o2)c1. The van der Waals surface area contributed by atoms with E-state index in [0.717, 1.165) is 11.1 Å². The Morgan fingerprint density at radius 3 is 1.90 bits per heavy atom. The van der Waals surface area contributed by atoms with Gasteiger partial charge in [0.2, 0.25) is 11.8 Å². The predicted molar refractivity (Wildman–Crippen MR) is 116 cm³/mol. The first-order valence-electron chi connectivity index (χ1n) is 9.37. The molecule has 0 radical (unpaired) electrons. The van der Waals surface area contributed by atoms with Crippen LogP contribution in [0.5, 0.6) is 0 Å². The number of nitrogens with zero attached hydrogens (tertiary/aromatic N) is 2. The van der Waals surface area contributed by atoms with Gasteiger partial charge in [-0.3, -0.25) is 20.4 Å². The lowest BCUT2D eigenvalue weighted by atomic mass is 10.1. The molecular weight excluding hydrogens is 416 g/mol. The summed E-state index contributed by atoms with van der Waals surface area (Å²) in [5, 5.41) is 8.70. The summed E-state index contributed by atoms with van der Waals surface area (Å²) in [5.74, 6) is -0.138. The minimum Gasteiger partial charge on any atom is -0.416 e. The van der Waals surface area contributed by atoms with Crippen LogP contribution >= 0.6 is 11.6 Å². The molecule has 0 aliphatic carbocycles. The maximum Gasteiger partial charge on any atom is 0.269 e. The minimum atomic E-state index is -0.458. The van der Waals surface area contributed by atoms with Gasteiger partial charge >= 0.3 is 0 Å². The second kappa shape index (κ2) is 8.81. The second-order valence-electron chi connectivity index (χ2n) is 6.77. The third-order valence-corrected chi connectivity index (χ3v) is 4.73. The molecule has 1 aromatic heterocycles. The van der Waals surface area contributed by atoms with Crippen LogP contribution in [0.2, 0.25) is 5.02 Å². The molecule has 7 nitrogen and oxygen atoms in total. The van der Waals surface area contributed by atoms with Gasteiger partial charge in [0, 0.05) is 27.3 Å². The fourth-order valence-corrected chi connectivity index (χ4v) is 2.98. The van der Waals surface area contributed by atoms with Crippen LogP contribution in [0, 0.1) is 6.92 Å². The summed E-state index contributed by atoms with van der Waals surface area (Å²) in [6.45, 7) is 1.99. The van der Waals surface area contributed by atoms with Crippen LogP contribution < -0.4 is 10.9 Å². The largest absolute Gasteiger partial charge is 0.416 e. The second-order valence-corrected chi connectivity index (χ2v) is 7.21. The summed E-state index contributed by atoms with van der Waals surface area (Å²) in [7, 11) is 0. The van der Waals surface area contributed by atoms with Crippen molar-refractivity contribution in [1.29, 1.82) is 0 Å². The first-order valence-corrected chi connectivity index (χ1v) is 9.74. The van der Waals surface area contributed by atoms with E-state index in [0.29, 0.717) is 33.5 Å². The molecule has 0 atom stereocenters. The smallest absolute Gasteiger partial charge is 0.269 e. The molecule has 1 heterocycles. The summed E-state index contributed by atoms with van der Waals surface area (Å²) in [5.41, 5.74) is 8.09. The quantitative estimate of drug-likeness (QED) is 0.464. The molecule has 2 N–H and O–H groups in total. The average Bonchev–Trinajstić information content (AvgIpc) is 3.28. The van der Waals surface area contributed by atoms with E-state index in [9.17, 15) is 9.59 Å². The molecule has 3 aromatic carbocycles. The predicted octanol–water partition coefficient (Wildman–Crippen LogP) is 4.44. The number of hydrazine groups is 1. The zero-order valence-corrected chi connectivity index (χ0v) is 17.2. The number of hydrogen-bond acceptors (Lipinski definition) is 5. The minimum absolute atomic E-state index is 0.347. The Bertz CT molecular complexity index is 1230. The van der Waals surface area contributed by atoms with E-state index in [4.69, 9.17) is 16.0 Å². The van der Waals surface area contributed by atoms with Crippen LogP contribution in [0.4, 0.5) is 0 Å². The number of carbonyl (C=O) groups is 2. The summed E-state index contributed by atoms with van der Waals surface area (Å²) < 4.78 is 5.76. The Labute approximate surface area is 183 Å². The van der Waals surface area contributed by atoms with E-state index in [-0.39, 0.29) is 0 Å². The van der Waals surface area contributed by atoms with Crippen LogP contribution in [-0.2, 0) is 0 Å². The maximum atomic E-state index is 12.3. The number of halogens is 1. The van der Waals surface area contributed by atoms with Crippen molar-refractivity contribution in [1.82, 2.24) is 21.0 Å². The number of aromatic nitrogens is 2. The highest BCUT2D eigenvalue weighted by molar-refractivity contribution is 6.30. The standard InChI is InChI=1S/C23H17ClN4O3/c1-14-3-2-4-18(13-14)23-28-27-22(31-23)17-7-5-15(6-8-17)20(29)25-26-21(30)16-9-11-19(24)12-10-16/h2-13H,1H3,(H,25,29)(H,26,30). The van der Waals surface area contributed by atoms with Gasteiger partial charge in [-0.15, -0.1) is 10.2 Å². The highest BCUT2D eigenvalue weighted by Gasteiger charge is 2.13. The lowest BCUT2D eigenvalue weighted by Crippen LogP contribution is -2.41. The maximum absolute atomic E-state index is 12.3. The Morgan fingerprint density at radius 2 is 1.32 bits per heavy atom. The van der Waals surface area contributed by atoms with Crippen LogP contribution in [0.25, 0.3) is 22.9 Å². The molecule has 2 amide bonds. The van der Waals surface area contributed by atoms with Gasteiger partial charge in [-0.1, -0.05) is 29.3 Å². The van der Waals surface area contributed by atoms with Crippen LogP contribution in [-0.4, -0.2) is 22.0 Å². The van der Waals surface area contributed by atoms with Gasteiger partial charge in [0.25, 0.3) is 11.8 Å². The summed E-state index contributed by atoms with van der Waals surface area (Å²) in [4.78, 5) is 24.4. The van der Waals surface area contributed by atoms with Crippen molar-refractivity contribution >= 4 is 23.4 Å². The molecule has 0 aliphatic heterocycles. The molecule has 0 saturated heterocycles. The van der Waals surface area contributed by atoms with Crippen molar-refractivity contribution in [2.45, 2.75) is 6.92 Å². The number of aryl methyl sites for hydroxylation is 1. The number of carbonyl (C=O) groups excluding carboxylic acids is 2. The molecule has 0 spiro atoms. The molecule has 0 fully saturated rings. The van der Waals surface area contributed by atoms with E-state index in [2.05, 4.69) is 21.0 Å². The van der Waals surface area contributed by atoms with Gasteiger partial charge in [-0.2, -0.15) is 0 Å². The highest BCUT2D eigenvalue weighted by Crippen LogP contribution is 2.24. The lowest BCUT2D eigenvalue weighted by molar-refractivity contribution is 0.0846. The highest BCUT2D eigenvalue weighted by atomic mass is 35.5. The fourth-order valence-electron chi connectivity index (χ4n) is 2.86. The van der Waals surface area contributed by atoms with E-state index >= 15 is 0 Å². The van der Waals surface area contributed by atoms with Crippen molar-refractivity contribution in [3.63, 3.8) is 0 Å². The van der Waals surface area contributed by atoms with Crippen molar-refractivity contribution in [3.8, 4) is 22.9 Å². The van der Waals surface area contributed by atoms with Gasteiger partial charge in [0.1, 0.15) is 0 Å². The molecule has 8 heteroatoms. The zero-order chi connectivity index (χ0) is 21.8. The van der Waals surface area contributed by atoms with Gasteiger partial charge < -0.3 is 4.42 Å². The molecule has 4 rings (SSSR count). The van der Waals surface area contributed by atoms with Crippen molar-refractivity contribution in [2.75, 3.05) is 0 Å². The molecule has 0 aliphatic rings. The Morgan fingerprint density at radius 1 is 0.774 bits per heavy atom.